The first-order valence-corrected chi connectivity index (χ1v) is 5.75. The third-order valence-electron chi connectivity index (χ3n) is 2.68. The minimum Gasteiger partial charge on any atom is -0.465 e. The predicted octanol–water partition coefficient (Wildman–Crippen LogP) is 1.46. The molecule has 0 spiro atoms. The average Bonchev–Trinajstić information content (AvgIpc) is 2.38. The van der Waals surface area contributed by atoms with E-state index in [1.54, 1.807) is 25.1 Å². The van der Waals surface area contributed by atoms with Gasteiger partial charge in [-0.3, -0.25) is 4.79 Å². The van der Waals surface area contributed by atoms with Crippen molar-refractivity contribution in [2.45, 2.75) is 26.3 Å². The first-order valence-electron chi connectivity index (χ1n) is 5.75. The highest BCUT2D eigenvalue weighted by Gasteiger charge is 2.13. The molecule has 0 fully saturated rings. The van der Waals surface area contributed by atoms with E-state index in [9.17, 15) is 9.59 Å². The fourth-order valence-electron chi connectivity index (χ4n) is 1.46. The Hall–Kier alpha value is -1.88. The number of aryl methyl sites for hydroxylation is 1. The van der Waals surface area contributed by atoms with Crippen molar-refractivity contribution in [3.8, 4) is 0 Å². The molecule has 1 atom stereocenters. The van der Waals surface area contributed by atoms with Gasteiger partial charge in [-0.1, -0.05) is 6.92 Å². The molecule has 0 aliphatic heterocycles. The summed E-state index contributed by atoms with van der Waals surface area (Å²) >= 11 is 0. The Morgan fingerprint density at radius 2 is 2.11 bits per heavy atom. The second-order valence-corrected chi connectivity index (χ2v) is 4.03. The number of carbonyl (C=O) groups is 2. The maximum Gasteiger partial charge on any atom is 0.337 e. The highest BCUT2D eigenvalue weighted by molar-refractivity contribution is 5.96. The largest absolute Gasteiger partial charge is 0.465 e. The first-order chi connectivity index (χ1) is 8.49. The fourth-order valence-corrected chi connectivity index (χ4v) is 1.46. The van der Waals surface area contributed by atoms with Crippen molar-refractivity contribution in [3.63, 3.8) is 0 Å². The zero-order chi connectivity index (χ0) is 13.7. The molecule has 0 aliphatic carbocycles. The monoisotopic (exact) mass is 250 g/mol. The van der Waals surface area contributed by atoms with Gasteiger partial charge >= 0.3 is 5.97 Å². The van der Waals surface area contributed by atoms with Gasteiger partial charge in [0.2, 0.25) is 5.91 Å². The zero-order valence-corrected chi connectivity index (χ0v) is 10.8. The molecule has 18 heavy (non-hydrogen) atoms. The number of carbonyl (C=O) groups excluding carboxylic acids is 2. The van der Waals surface area contributed by atoms with Gasteiger partial charge in [-0.15, -0.1) is 0 Å². The Morgan fingerprint density at radius 1 is 1.44 bits per heavy atom. The van der Waals surface area contributed by atoms with Gasteiger partial charge in [-0.25, -0.2) is 4.79 Å². The van der Waals surface area contributed by atoms with E-state index >= 15 is 0 Å². The smallest absolute Gasteiger partial charge is 0.337 e. The van der Waals surface area contributed by atoms with Gasteiger partial charge in [0.05, 0.1) is 18.7 Å². The predicted molar refractivity (Wildman–Crippen MR) is 69.4 cm³/mol. The number of hydrogen-bond acceptors (Lipinski definition) is 4. The molecule has 0 unspecified atom stereocenters. The Labute approximate surface area is 106 Å². The van der Waals surface area contributed by atoms with Gasteiger partial charge in [-0.2, -0.15) is 0 Å². The van der Waals surface area contributed by atoms with Crippen molar-refractivity contribution in [2.75, 3.05) is 12.4 Å². The van der Waals surface area contributed by atoms with Gasteiger partial charge in [0.1, 0.15) is 0 Å². The summed E-state index contributed by atoms with van der Waals surface area (Å²) in [5, 5.41) is 2.73. The van der Waals surface area contributed by atoms with Gasteiger partial charge in [0.15, 0.2) is 0 Å². The Morgan fingerprint density at radius 3 is 2.61 bits per heavy atom. The van der Waals surface area contributed by atoms with Crippen LogP contribution in [0.3, 0.4) is 0 Å². The summed E-state index contributed by atoms with van der Waals surface area (Å²) in [5.41, 5.74) is 7.52. The minimum atomic E-state index is -0.523. The third kappa shape index (κ3) is 3.30. The van der Waals surface area contributed by atoms with Crippen LogP contribution >= 0.6 is 0 Å². The van der Waals surface area contributed by atoms with E-state index in [4.69, 9.17) is 5.73 Å². The van der Waals surface area contributed by atoms with E-state index in [1.807, 2.05) is 6.92 Å². The number of anilines is 1. The number of amides is 1. The SMILES string of the molecule is CC[C@H](N)C(=O)Nc1ccc(C(=O)OC)cc1C. The molecule has 0 aliphatic rings. The summed E-state index contributed by atoms with van der Waals surface area (Å²) in [6.45, 7) is 3.65. The lowest BCUT2D eigenvalue weighted by Gasteiger charge is -2.12. The Bertz CT molecular complexity index is 458. The zero-order valence-electron chi connectivity index (χ0n) is 10.8. The van der Waals surface area contributed by atoms with Crippen LogP contribution in [0.25, 0.3) is 0 Å². The summed E-state index contributed by atoms with van der Waals surface area (Å²) in [6, 6.07) is 4.41. The standard InChI is InChI=1S/C13H18N2O3/c1-4-10(14)12(16)15-11-6-5-9(7-8(11)2)13(17)18-3/h5-7,10H,4,14H2,1-3H3,(H,15,16)/t10-/m0/s1. The van der Waals surface area contributed by atoms with Gasteiger partial charge in [0.25, 0.3) is 0 Å². The molecule has 0 heterocycles. The molecule has 1 aromatic rings. The lowest BCUT2D eigenvalue weighted by Crippen LogP contribution is -2.35. The first kappa shape index (κ1) is 14.2. The van der Waals surface area contributed by atoms with Crippen molar-refractivity contribution >= 4 is 17.6 Å². The summed E-state index contributed by atoms with van der Waals surface area (Å²) in [5.74, 6) is -0.632. The normalized spacial score (nSPS) is 11.8. The molecule has 0 saturated heterocycles. The summed E-state index contributed by atoms with van der Waals surface area (Å²) < 4.78 is 4.62. The van der Waals surface area contributed by atoms with Crippen LogP contribution in [0.1, 0.15) is 29.3 Å². The Kier molecular flexibility index (Phi) is 4.85. The number of rotatable bonds is 4. The summed E-state index contributed by atoms with van der Waals surface area (Å²) in [4.78, 5) is 23.0. The molecule has 0 radical (unpaired) electrons. The van der Waals surface area contributed by atoms with Crippen molar-refractivity contribution in [2.24, 2.45) is 5.73 Å². The van der Waals surface area contributed by atoms with Gasteiger partial charge < -0.3 is 15.8 Å². The highest BCUT2D eigenvalue weighted by atomic mass is 16.5. The van der Waals surface area contributed by atoms with E-state index in [0.29, 0.717) is 17.7 Å². The molecular weight excluding hydrogens is 232 g/mol. The number of methoxy groups -OCH3 is 1. The number of nitrogens with one attached hydrogen (secondary N) is 1. The molecule has 0 saturated carbocycles. The van der Waals surface area contributed by atoms with Gasteiger partial charge in [0, 0.05) is 5.69 Å². The second kappa shape index (κ2) is 6.16. The maximum absolute atomic E-state index is 11.6. The van der Waals surface area contributed by atoms with Crippen LogP contribution in [-0.2, 0) is 9.53 Å². The molecule has 1 rings (SSSR count). The van der Waals surface area contributed by atoms with E-state index in [2.05, 4.69) is 10.1 Å². The Balaban J connectivity index is 2.86. The molecule has 1 aromatic carbocycles. The van der Waals surface area contributed by atoms with E-state index in [-0.39, 0.29) is 5.91 Å². The van der Waals surface area contributed by atoms with E-state index < -0.39 is 12.0 Å². The van der Waals surface area contributed by atoms with Crippen LogP contribution in [-0.4, -0.2) is 25.0 Å². The van der Waals surface area contributed by atoms with Crippen molar-refractivity contribution in [1.29, 1.82) is 0 Å². The molecule has 5 nitrogen and oxygen atoms in total. The van der Waals surface area contributed by atoms with Gasteiger partial charge in [-0.05, 0) is 37.1 Å². The number of nitrogens with two attached hydrogens (primary N) is 1. The quantitative estimate of drug-likeness (QED) is 0.793. The summed E-state index contributed by atoms with van der Waals surface area (Å²) in [7, 11) is 1.33. The summed E-state index contributed by atoms with van der Waals surface area (Å²) in [6.07, 6.45) is 0.575. The molecular formula is C13H18N2O3. The number of ether oxygens (including phenoxy) is 1. The molecule has 3 N–H and O–H groups in total. The molecule has 5 heteroatoms. The second-order valence-electron chi connectivity index (χ2n) is 4.03. The number of esters is 1. The topological polar surface area (TPSA) is 81.4 Å². The van der Waals surface area contributed by atoms with Crippen LogP contribution in [0, 0.1) is 6.92 Å². The van der Waals surface area contributed by atoms with Crippen LogP contribution < -0.4 is 11.1 Å². The average molecular weight is 250 g/mol. The number of hydrogen-bond donors (Lipinski definition) is 2. The fraction of sp³-hybridized carbons (Fsp3) is 0.385. The number of benzene rings is 1. The van der Waals surface area contributed by atoms with E-state index in [1.165, 1.54) is 7.11 Å². The van der Waals surface area contributed by atoms with E-state index in [0.717, 1.165) is 5.56 Å². The highest BCUT2D eigenvalue weighted by Crippen LogP contribution is 2.17. The maximum atomic E-state index is 11.6. The minimum absolute atomic E-state index is 0.230. The van der Waals surface area contributed by atoms with Crippen molar-refractivity contribution in [3.05, 3.63) is 29.3 Å². The third-order valence-corrected chi connectivity index (χ3v) is 2.68. The molecule has 1 amide bonds. The molecule has 98 valence electrons. The molecule has 0 aromatic heterocycles. The van der Waals surface area contributed by atoms with Crippen LogP contribution in [0.2, 0.25) is 0 Å². The molecule has 0 bridgehead atoms. The van der Waals surface area contributed by atoms with Crippen molar-refractivity contribution in [1.82, 2.24) is 0 Å². The lowest BCUT2D eigenvalue weighted by atomic mass is 10.1. The van der Waals surface area contributed by atoms with Crippen LogP contribution in [0.4, 0.5) is 5.69 Å². The lowest BCUT2D eigenvalue weighted by molar-refractivity contribution is -0.117. The van der Waals surface area contributed by atoms with Crippen molar-refractivity contribution < 1.29 is 14.3 Å². The van der Waals surface area contributed by atoms with Crippen LogP contribution in [0.5, 0.6) is 0 Å². The van der Waals surface area contributed by atoms with Crippen LogP contribution in [0.15, 0.2) is 18.2 Å².